The van der Waals surface area contributed by atoms with E-state index >= 15 is 0 Å². The van der Waals surface area contributed by atoms with E-state index < -0.39 is 0 Å². The predicted molar refractivity (Wildman–Crippen MR) is 296 cm³/mol. The molecule has 0 fully saturated rings. The van der Waals surface area contributed by atoms with Crippen LogP contribution in [-0.4, -0.2) is 4.21 Å². The summed E-state index contributed by atoms with van der Waals surface area (Å²) in [6.45, 7) is 13.9. The number of allylic oxidation sites excluding steroid dienone is 4. The average Bonchev–Trinajstić information content (AvgIpc) is 4.06. The zero-order chi connectivity index (χ0) is 46.8. The van der Waals surface area contributed by atoms with Crippen LogP contribution < -0.4 is 0 Å². The van der Waals surface area contributed by atoms with Gasteiger partial charge in [-0.25, -0.2) is 12.2 Å². The molecule has 0 unspecified atom stereocenters. The van der Waals surface area contributed by atoms with E-state index in [4.69, 9.17) is 0 Å². The van der Waals surface area contributed by atoms with Gasteiger partial charge in [-0.15, -0.1) is 144 Å². The van der Waals surface area contributed by atoms with E-state index in [0.29, 0.717) is 0 Å². The first-order valence-corrected chi connectivity index (χ1v) is 24.6. The van der Waals surface area contributed by atoms with Gasteiger partial charge in [0, 0.05) is 0 Å². The summed E-state index contributed by atoms with van der Waals surface area (Å²) >= 11 is 1.30. The molecule has 0 saturated carbocycles. The van der Waals surface area contributed by atoms with Crippen LogP contribution in [0.5, 0.6) is 0 Å². The molecule has 0 atom stereocenters. The molecule has 68 heavy (non-hydrogen) atoms. The van der Waals surface area contributed by atoms with E-state index in [0.717, 1.165) is 12.8 Å². The smallest absolute Gasteiger partial charge is 0.0771 e. The summed E-state index contributed by atoms with van der Waals surface area (Å²) in [5.41, 5.74) is 18.5. The topological polar surface area (TPSA) is 0 Å². The number of halogens is 2. The van der Waals surface area contributed by atoms with Crippen LogP contribution in [0.2, 0.25) is 0 Å². The van der Waals surface area contributed by atoms with Gasteiger partial charge in [0.05, 0.1) is 0 Å². The fraction of sp³-hybridized carbons (Fsp3) is 0.154. The Labute approximate surface area is 436 Å². The molecule has 0 amide bonds. The van der Waals surface area contributed by atoms with Crippen molar-refractivity contribution in [2.75, 3.05) is 0 Å². The molecule has 2 aliphatic rings. The fourth-order valence-corrected chi connectivity index (χ4v) is 8.02. The SMILES string of the molecule is CC(C)(C)c1cc2c([c-]c1-c1ccccc1)Cc1cc(-c3ccccc3)c(C(C)(C)C)cc1-2.Cl.Cl.[C-]1=CC=CC1.[CH2]=[Zr].c1ccc([CH-]c2ccccc2)cc1.c1ccc([CH-]c2ccccc2)cc1. The van der Waals surface area contributed by atoms with Gasteiger partial charge in [0.15, 0.2) is 0 Å². The minimum atomic E-state index is 0. The Bertz CT molecular complexity index is 2480. The predicted octanol–water partition coefficient (Wildman–Crippen LogP) is 17.7. The number of hydrogen-bond acceptors (Lipinski definition) is 0. The van der Waals surface area contributed by atoms with Crippen molar-refractivity contribution in [3.05, 3.63) is 288 Å². The van der Waals surface area contributed by atoms with Gasteiger partial charge in [-0.1, -0.05) is 204 Å². The van der Waals surface area contributed by atoms with Gasteiger partial charge in [-0.3, -0.25) is 6.08 Å². The maximum Gasteiger partial charge on any atom is -0.0771 e. The van der Waals surface area contributed by atoms with Gasteiger partial charge in [0.25, 0.3) is 0 Å². The molecule has 0 spiro atoms. The van der Waals surface area contributed by atoms with Crippen LogP contribution >= 0.6 is 24.8 Å². The fourth-order valence-electron chi connectivity index (χ4n) is 8.02. The van der Waals surface area contributed by atoms with Crippen molar-refractivity contribution in [1.29, 1.82) is 0 Å². The van der Waals surface area contributed by atoms with Crippen molar-refractivity contribution in [1.82, 2.24) is 0 Å². The second-order valence-electron chi connectivity index (χ2n) is 18.3. The summed E-state index contributed by atoms with van der Waals surface area (Å²) in [7, 11) is 0. The van der Waals surface area contributed by atoms with Gasteiger partial charge < -0.3 is 0 Å². The molecule has 346 valence electrons. The molecule has 0 aromatic heterocycles. The molecule has 0 heterocycles. The van der Waals surface area contributed by atoms with Crippen molar-refractivity contribution < 1.29 is 24.2 Å². The van der Waals surface area contributed by atoms with Gasteiger partial charge >= 0.3 is 28.4 Å². The Balaban J connectivity index is 0.000000236. The van der Waals surface area contributed by atoms with Crippen LogP contribution in [0.15, 0.2) is 218 Å². The van der Waals surface area contributed by atoms with Crippen LogP contribution in [0.1, 0.15) is 92.5 Å². The number of fused-ring (bicyclic) bond motifs is 3. The molecule has 8 aromatic carbocycles. The van der Waals surface area contributed by atoms with Gasteiger partial charge in [0.1, 0.15) is 0 Å². The van der Waals surface area contributed by atoms with Crippen LogP contribution in [0.4, 0.5) is 0 Å². The first-order valence-electron chi connectivity index (χ1n) is 22.9. The van der Waals surface area contributed by atoms with Crippen molar-refractivity contribution in [3.63, 3.8) is 0 Å². The molecule has 0 N–H and O–H groups in total. The van der Waals surface area contributed by atoms with E-state index in [-0.39, 0.29) is 35.6 Å². The van der Waals surface area contributed by atoms with Crippen LogP contribution in [-0.2, 0) is 41.5 Å². The van der Waals surface area contributed by atoms with Crippen molar-refractivity contribution in [2.24, 2.45) is 0 Å². The zero-order valence-electron chi connectivity index (χ0n) is 40.4. The first-order chi connectivity index (χ1) is 32.0. The molecule has 0 saturated heterocycles. The summed E-state index contributed by atoms with van der Waals surface area (Å²) in [5.74, 6) is 0. The molecular weight excluding hydrogens is 943 g/mol. The maximum atomic E-state index is 3.88. The number of rotatable bonds is 6. The molecular formula is C65H64Cl2Zr-4. The van der Waals surface area contributed by atoms with Gasteiger partial charge in [-0.2, -0.15) is 6.08 Å². The standard InChI is InChI=1S/C33H33.2C13H11.C5H5.CH2.2ClH.Zr/c1-32(2,3)30-20-26-24(18-28(30)22-13-9-7-10-14-22)17-25-19-29(23-15-11-8-12-16-23)31(21-27(25)26)33(4,5)6;2*1-3-7-12(8-4-1)11-13-9-5-2-6-10-13;1-2-4-5-3-1;;;;/h7-16,18,20-21H,17H2,1-6H3;2*1-11H;1-3H,4H2;1H2;2*1H;/q4*-1;;;;. The molecule has 0 radical (unpaired) electrons. The monoisotopic (exact) mass is 1000 g/mol. The summed E-state index contributed by atoms with van der Waals surface area (Å²) in [4.78, 5) is 0. The molecule has 8 aromatic rings. The zero-order valence-corrected chi connectivity index (χ0v) is 44.5. The molecule has 3 heteroatoms. The first kappa shape index (κ1) is 54.9. The van der Waals surface area contributed by atoms with Crippen LogP contribution in [0.3, 0.4) is 0 Å². The Morgan fingerprint density at radius 3 is 1.19 bits per heavy atom. The number of benzene rings is 8. The number of hydrogen-bond donors (Lipinski definition) is 0. The second-order valence-corrected chi connectivity index (χ2v) is 18.3. The second kappa shape index (κ2) is 27.3. The van der Waals surface area contributed by atoms with Crippen LogP contribution in [0.25, 0.3) is 33.4 Å². The minimum Gasteiger partial charge on any atom is -0.126 e. The van der Waals surface area contributed by atoms with Crippen LogP contribution in [0, 0.1) is 25.0 Å². The quantitative estimate of drug-likeness (QED) is 0.146. The minimum absolute atomic E-state index is 0. The average molecular weight is 1010 g/mol. The van der Waals surface area contributed by atoms with Gasteiger partial charge in [-0.05, 0) is 39.5 Å². The third-order valence-corrected chi connectivity index (χ3v) is 11.3. The summed E-state index contributed by atoms with van der Waals surface area (Å²) in [6.07, 6.45) is 15.3. The maximum absolute atomic E-state index is 3.88. The Morgan fingerprint density at radius 2 is 0.838 bits per heavy atom. The third-order valence-electron chi connectivity index (χ3n) is 11.3. The summed E-state index contributed by atoms with van der Waals surface area (Å²) in [5, 5.41) is 0. The van der Waals surface area contributed by atoms with Crippen molar-refractivity contribution in [2.45, 2.75) is 65.2 Å². The van der Waals surface area contributed by atoms with E-state index in [1.165, 1.54) is 102 Å². The van der Waals surface area contributed by atoms with E-state index in [1.807, 2.05) is 36.4 Å². The van der Waals surface area contributed by atoms with Crippen molar-refractivity contribution in [3.8, 4) is 33.4 Å². The Kier molecular flexibility index (Phi) is 22.1. The Morgan fingerprint density at radius 1 is 0.456 bits per heavy atom. The van der Waals surface area contributed by atoms with E-state index in [1.54, 1.807) is 0 Å². The van der Waals surface area contributed by atoms with E-state index in [2.05, 4.69) is 253 Å². The molecule has 0 nitrogen and oxygen atoms in total. The normalized spacial score (nSPS) is 11.3. The third kappa shape index (κ3) is 16.0. The largest absolute Gasteiger partial charge is 0.126 e. The summed E-state index contributed by atoms with van der Waals surface area (Å²) in [6, 6.07) is 74.2. The molecule has 10 rings (SSSR count). The van der Waals surface area contributed by atoms with E-state index in [9.17, 15) is 0 Å². The Hall–Kier alpha value is -5.69. The molecule has 0 aliphatic heterocycles. The van der Waals surface area contributed by atoms with Crippen molar-refractivity contribution >= 4 is 29.0 Å². The summed E-state index contributed by atoms with van der Waals surface area (Å²) < 4.78 is 3.34. The molecule has 0 bridgehead atoms. The molecule has 2 aliphatic carbocycles. The van der Waals surface area contributed by atoms with Gasteiger partial charge in [0.2, 0.25) is 0 Å².